The molecule has 30 heavy (non-hydrogen) atoms. The number of carbonyl (C=O) groups is 1. The Morgan fingerprint density at radius 1 is 1.10 bits per heavy atom. The van der Waals surface area contributed by atoms with E-state index in [1.807, 2.05) is 6.92 Å². The smallest absolute Gasteiger partial charge is 0.133 e. The second-order valence-corrected chi connectivity index (χ2v) is 12.0. The molecular weight excluding hydrogens is 368 g/mol. The van der Waals surface area contributed by atoms with Gasteiger partial charge < -0.3 is 5.11 Å². The fraction of sp³-hybridized carbons (Fsp3) is 0.821. The van der Waals surface area contributed by atoms with Crippen LogP contribution in [0.3, 0.4) is 0 Å². The molecule has 0 bridgehead atoms. The first kappa shape index (κ1) is 22.3. The van der Waals surface area contributed by atoms with Crippen molar-refractivity contribution in [3.63, 3.8) is 0 Å². The van der Waals surface area contributed by atoms with E-state index in [0.717, 1.165) is 49.9 Å². The van der Waals surface area contributed by atoms with Gasteiger partial charge in [0.25, 0.3) is 0 Å². The normalized spacial score (nSPS) is 44.1. The average Bonchev–Trinajstić information content (AvgIpc) is 3.05. The molecule has 0 aliphatic heterocycles. The fourth-order valence-corrected chi connectivity index (χ4v) is 8.05. The van der Waals surface area contributed by atoms with E-state index in [0.29, 0.717) is 34.4 Å². The fourth-order valence-electron chi connectivity index (χ4n) is 8.05. The van der Waals surface area contributed by atoms with Crippen LogP contribution in [0, 0.1) is 46.3 Å². The predicted molar refractivity (Wildman–Crippen MR) is 124 cm³/mol. The van der Waals surface area contributed by atoms with Gasteiger partial charge in [0.1, 0.15) is 5.78 Å². The first-order valence-corrected chi connectivity index (χ1v) is 12.7. The summed E-state index contributed by atoms with van der Waals surface area (Å²) in [6.45, 7) is 11.6. The van der Waals surface area contributed by atoms with E-state index in [9.17, 15) is 9.90 Å². The van der Waals surface area contributed by atoms with Crippen LogP contribution in [0.4, 0.5) is 0 Å². The second kappa shape index (κ2) is 8.23. The summed E-state index contributed by atoms with van der Waals surface area (Å²) in [7, 11) is 0. The number of Topliss-reactive ketones (excluding diaryl/α,β-unsaturated/α-hetero) is 1. The highest BCUT2D eigenvalue weighted by Crippen LogP contribution is 2.66. The molecule has 0 radical (unpaired) electrons. The molecule has 0 aromatic carbocycles. The van der Waals surface area contributed by atoms with Gasteiger partial charge >= 0.3 is 0 Å². The van der Waals surface area contributed by atoms with E-state index in [4.69, 9.17) is 0 Å². The number of aliphatic hydroxyl groups excluding tert-OH is 1. The zero-order valence-corrected chi connectivity index (χ0v) is 20.0. The molecule has 3 fully saturated rings. The van der Waals surface area contributed by atoms with Gasteiger partial charge in [-0.2, -0.15) is 0 Å². The third-order valence-corrected chi connectivity index (χ3v) is 10.4. The van der Waals surface area contributed by atoms with Crippen molar-refractivity contribution in [1.82, 2.24) is 0 Å². The molecule has 168 valence electrons. The molecule has 0 aromatic rings. The molecule has 9 atom stereocenters. The van der Waals surface area contributed by atoms with Gasteiger partial charge in [-0.15, -0.1) is 0 Å². The molecule has 1 N–H and O–H groups in total. The minimum atomic E-state index is -0.230. The number of carbonyl (C=O) groups excluding carboxylic acids is 1. The van der Waals surface area contributed by atoms with Crippen molar-refractivity contribution in [2.75, 3.05) is 0 Å². The highest BCUT2D eigenvalue weighted by Gasteiger charge is 2.57. The number of aliphatic hydroxyl groups is 1. The number of allylic oxidation sites excluding steroid dienone is 4. The van der Waals surface area contributed by atoms with Crippen molar-refractivity contribution in [2.45, 2.75) is 98.5 Å². The lowest BCUT2D eigenvalue weighted by Gasteiger charge is -2.57. The Morgan fingerprint density at radius 2 is 1.83 bits per heavy atom. The Labute approximate surface area is 184 Å². The maximum Gasteiger partial charge on any atom is 0.133 e. The molecule has 9 unspecified atom stereocenters. The van der Waals surface area contributed by atoms with Gasteiger partial charge in [0.2, 0.25) is 0 Å². The minimum Gasteiger partial charge on any atom is -0.393 e. The zero-order chi connectivity index (χ0) is 21.7. The van der Waals surface area contributed by atoms with Gasteiger partial charge in [-0.05, 0) is 98.2 Å². The van der Waals surface area contributed by atoms with E-state index < -0.39 is 0 Å². The van der Waals surface area contributed by atoms with Crippen molar-refractivity contribution in [3.05, 3.63) is 23.8 Å². The molecular formula is C28H44O2. The highest BCUT2D eigenvalue weighted by atomic mass is 16.3. The van der Waals surface area contributed by atoms with Crippen molar-refractivity contribution in [3.8, 4) is 0 Å². The third-order valence-electron chi connectivity index (χ3n) is 10.4. The van der Waals surface area contributed by atoms with Crippen LogP contribution in [-0.2, 0) is 4.79 Å². The first-order chi connectivity index (χ1) is 14.2. The van der Waals surface area contributed by atoms with E-state index in [2.05, 4.69) is 45.9 Å². The molecule has 0 saturated heterocycles. The lowest BCUT2D eigenvalue weighted by molar-refractivity contribution is -0.127. The van der Waals surface area contributed by atoms with Gasteiger partial charge in [-0.1, -0.05) is 51.5 Å². The molecule has 3 saturated carbocycles. The minimum absolute atomic E-state index is 0.230. The standard InChI is InChI=1S/C28H44O2/c1-18(20(3)29)7-6-8-19(2)24-11-12-25-23-10-9-21-17-22(30)13-15-27(21,4)26(23)14-16-28(24,25)5/h6,8,10,18-21,24-26,29H,7,9,11-17H2,1-5H3. The Balaban J connectivity index is 1.50. The molecule has 0 amide bonds. The molecule has 4 aliphatic carbocycles. The van der Waals surface area contributed by atoms with Crippen LogP contribution in [-0.4, -0.2) is 17.0 Å². The van der Waals surface area contributed by atoms with E-state index in [1.165, 1.54) is 25.7 Å². The van der Waals surface area contributed by atoms with Crippen LogP contribution in [0.25, 0.3) is 0 Å². The van der Waals surface area contributed by atoms with E-state index in [-0.39, 0.29) is 6.10 Å². The summed E-state index contributed by atoms with van der Waals surface area (Å²) < 4.78 is 0. The third kappa shape index (κ3) is 3.65. The lowest BCUT2D eigenvalue weighted by atomic mass is 9.48. The second-order valence-electron chi connectivity index (χ2n) is 12.0. The summed E-state index contributed by atoms with van der Waals surface area (Å²) >= 11 is 0. The molecule has 0 spiro atoms. The Hall–Kier alpha value is -0.890. The van der Waals surface area contributed by atoms with Crippen molar-refractivity contribution in [2.24, 2.45) is 46.3 Å². The topological polar surface area (TPSA) is 37.3 Å². The Kier molecular flexibility index (Phi) is 6.12. The van der Waals surface area contributed by atoms with Crippen LogP contribution in [0.2, 0.25) is 0 Å². The first-order valence-electron chi connectivity index (χ1n) is 12.7. The molecule has 2 heteroatoms. The lowest BCUT2D eigenvalue weighted by Crippen LogP contribution is -2.49. The molecule has 2 nitrogen and oxygen atoms in total. The van der Waals surface area contributed by atoms with Crippen molar-refractivity contribution < 1.29 is 9.90 Å². The van der Waals surface area contributed by atoms with Crippen LogP contribution in [0.5, 0.6) is 0 Å². The molecule has 0 aromatic heterocycles. The van der Waals surface area contributed by atoms with Crippen LogP contribution in [0.1, 0.15) is 92.4 Å². The summed E-state index contributed by atoms with van der Waals surface area (Å²) in [5.41, 5.74) is 2.58. The summed E-state index contributed by atoms with van der Waals surface area (Å²) in [5, 5.41) is 9.76. The molecule has 0 heterocycles. The number of ketones is 1. The maximum atomic E-state index is 12.1. The summed E-state index contributed by atoms with van der Waals surface area (Å²) in [6, 6.07) is 0. The summed E-state index contributed by atoms with van der Waals surface area (Å²) in [4.78, 5) is 12.1. The number of rotatable bonds is 5. The van der Waals surface area contributed by atoms with Gasteiger partial charge in [-0.25, -0.2) is 0 Å². The van der Waals surface area contributed by atoms with Gasteiger partial charge in [0, 0.05) is 12.8 Å². The average molecular weight is 413 g/mol. The number of fused-ring (bicyclic) bond motifs is 5. The van der Waals surface area contributed by atoms with Gasteiger partial charge in [0.15, 0.2) is 0 Å². The van der Waals surface area contributed by atoms with Gasteiger partial charge in [0.05, 0.1) is 6.10 Å². The Bertz CT molecular complexity index is 718. The van der Waals surface area contributed by atoms with Crippen molar-refractivity contribution in [1.29, 1.82) is 0 Å². The van der Waals surface area contributed by atoms with Crippen molar-refractivity contribution >= 4 is 5.78 Å². The highest BCUT2D eigenvalue weighted by molar-refractivity contribution is 5.79. The van der Waals surface area contributed by atoms with E-state index >= 15 is 0 Å². The van der Waals surface area contributed by atoms with Gasteiger partial charge in [-0.3, -0.25) is 4.79 Å². The summed E-state index contributed by atoms with van der Waals surface area (Å²) in [6.07, 6.45) is 17.4. The summed E-state index contributed by atoms with van der Waals surface area (Å²) in [5.74, 6) is 4.27. The quantitative estimate of drug-likeness (QED) is 0.508. The van der Waals surface area contributed by atoms with Crippen LogP contribution in [0.15, 0.2) is 23.8 Å². The predicted octanol–water partition coefficient (Wildman–Crippen LogP) is 6.73. The zero-order valence-electron chi connectivity index (χ0n) is 20.0. The monoisotopic (exact) mass is 412 g/mol. The molecule has 4 rings (SSSR count). The van der Waals surface area contributed by atoms with Crippen LogP contribution < -0.4 is 0 Å². The maximum absolute atomic E-state index is 12.1. The largest absolute Gasteiger partial charge is 0.393 e. The van der Waals surface area contributed by atoms with Crippen LogP contribution >= 0.6 is 0 Å². The molecule has 4 aliphatic rings. The van der Waals surface area contributed by atoms with E-state index in [1.54, 1.807) is 5.57 Å². The number of hydrogen-bond donors (Lipinski definition) is 1. The Morgan fingerprint density at radius 3 is 2.57 bits per heavy atom. The SMILES string of the molecule is CC(O)C(C)CC=CC(C)C1CCC2C3=CCC4CC(=O)CCC4(C)C3CCC21C. The number of hydrogen-bond acceptors (Lipinski definition) is 2.